The third kappa shape index (κ3) is 2.02. The summed E-state index contributed by atoms with van der Waals surface area (Å²) >= 11 is 0. The fourth-order valence-corrected chi connectivity index (χ4v) is 1.68. The van der Waals surface area contributed by atoms with Gasteiger partial charge in [-0.2, -0.15) is 10.4 Å². The first kappa shape index (κ1) is 12.0. The van der Waals surface area contributed by atoms with Gasteiger partial charge in [0.25, 0.3) is 0 Å². The van der Waals surface area contributed by atoms with Crippen LogP contribution in [-0.2, 0) is 6.54 Å². The van der Waals surface area contributed by atoms with Gasteiger partial charge >= 0.3 is 0 Å². The van der Waals surface area contributed by atoms with Gasteiger partial charge in [-0.05, 0) is 25.1 Å². The zero-order valence-electron chi connectivity index (χ0n) is 9.61. The maximum atomic E-state index is 13.5. The zero-order valence-corrected chi connectivity index (χ0v) is 9.61. The van der Waals surface area contributed by atoms with Gasteiger partial charge in [-0.15, -0.1) is 0 Å². The molecular formula is C12H10F2N4. The molecule has 0 fully saturated rings. The molecule has 0 saturated heterocycles. The normalized spacial score (nSPS) is 10.3. The number of nitrogen functional groups attached to an aromatic ring is 1. The molecule has 0 radical (unpaired) electrons. The van der Waals surface area contributed by atoms with E-state index in [2.05, 4.69) is 5.10 Å². The Morgan fingerprint density at radius 3 is 2.78 bits per heavy atom. The minimum absolute atomic E-state index is 0.0159. The second-order valence-electron chi connectivity index (χ2n) is 3.85. The molecular weight excluding hydrogens is 238 g/mol. The highest BCUT2D eigenvalue weighted by atomic mass is 19.1. The number of nitrogens with two attached hydrogens (primary N) is 1. The first-order valence-corrected chi connectivity index (χ1v) is 5.20. The topological polar surface area (TPSA) is 67.6 Å². The third-order valence-electron chi connectivity index (χ3n) is 2.61. The van der Waals surface area contributed by atoms with Crippen LogP contribution in [0.3, 0.4) is 0 Å². The molecule has 0 saturated carbocycles. The first-order chi connectivity index (χ1) is 8.52. The number of nitriles is 1. The Labute approximate surface area is 102 Å². The standard InChI is InChI=1S/C12H10F2N4/c1-7-10(5-15)12(16)18(17-7)6-8-4-9(13)2-3-11(8)14/h2-4H,6,16H2,1H3. The van der Waals surface area contributed by atoms with Crippen LogP contribution in [0.4, 0.5) is 14.6 Å². The van der Waals surface area contributed by atoms with Gasteiger partial charge < -0.3 is 5.73 Å². The van der Waals surface area contributed by atoms with E-state index in [-0.39, 0.29) is 23.5 Å². The predicted molar refractivity (Wildman–Crippen MR) is 61.6 cm³/mol. The Balaban J connectivity index is 2.41. The van der Waals surface area contributed by atoms with Gasteiger partial charge in [0.05, 0.1) is 12.2 Å². The van der Waals surface area contributed by atoms with Crippen LogP contribution in [0.25, 0.3) is 0 Å². The van der Waals surface area contributed by atoms with Gasteiger partial charge in [-0.3, -0.25) is 0 Å². The largest absolute Gasteiger partial charge is 0.383 e. The van der Waals surface area contributed by atoms with Crippen molar-refractivity contribution >= 4 is 5.82 Å². The van der Waals surface area contributed by atoms with Crippen molar-refractivity contribution in [3.63, 3.8) is 0 Å². The van der Waals surface area contributed by atoms with Gasteiger partial charge in [0.2, 0.25) is 0 Å². The molecule has 0 atom stereocenters. The van der Waals surface area contributed by atoms with Crippen molar-refractivity contribution in [3.05, 3.63) is 46.7 Å². The van der Waals surface area contributed by atoms with Crippen molar-refractivity contribution in [1.82, 2.24) is 9.78 Å². The average Bonchev–Trinajstić information content (AvgIpc) is 2.59. The lowest BCUT2D eigenvalue weighted by Gasteiger charge is -2.05. The van der Waals surface area contributed by atoms with Gasteiger partial charge in [0.1, 0.15) is 29.1 Å². The quantitative estimate of drug-likeness (QED) is 0.883. The van der Waals surface area contributed by atoms with Gasteiger partial charge in [0, 0.05) is 5.56 Å². The number of benzene rings is 1. The van der Waals surface area contributed by atoms with Gasteiger partial charge in [0.15, 0.2) is 0 Å². The van der Waals surface area contributed by atoms with Crippen molar-refractivity contribution in [2.75, 3.05) is 5.73 Å². The molecule has 0 bridgehead atoms. The SMILES string of the molecule is Cc1nn(Cc2cc(F)ccc2F)c(N)c1C#N. The maximum Gasteiger partial charge on any atom is 0.140 e. The number of aromatic nitrogens is 2. The summed E-state index contributed by atoms with van der Waals surface area (Å²) in [6.45, 7) is 1.62. The van der Waals surface area contributed by atoms with Crippen molar-refractivity contribution in [3.8, 4) is 6.07 Å². The summed E-state index contributed by atoms with van der Waals surface area (Å²) < 4.78 is 27.8. The molecule has 18 heavy (non-hydrogen) atoms. The molecule has 0 aliphatic heterocycles. The molecule has 0 unspecified atom stereocenters. The van der Waals surface area contributed by atoms with E-state index in [4.69, 9.17) is 11.0 Å². The summed E-state index contributed by atoms with van der Waals surface area (Å²) in [7, 11) is 0. The lowest BCUT2D eigenvalue weighted by Crippen LogP contribution is -2.08. The molecule has 0 amide bonds. The average molecular weight is 248 g/mol. The Morgan fingerprint density at radius 1 is 1.44 bits per heavy atom. The number of hydrogen-bond acceptors (Lipinski definition) is 3. The monoisotopic (exact) mass is 248 g/mol. The minimum Gasteiger partial charge on any atom is -0.383 e. The Hall–Kier alpha value is -2.42. The third-order valence-corrected chi connectivity index (χ3v) is 2.61. The van der Waals surface area contributed by atoms with E-state index in [1.54, 1.807) is 6.92 Å². The lowest BCUT2D eigenvalue weighted by atomic mass is 10.2. The zero-order chi connectivity index (χ0) is 13.3. The first-order valence-electron chi connectivity index (χ1n) is 5.20. The molecule has 0 aliphatic carbocycles. The summed E-state index contributed by atoms with van der Waals surface area (Å²) in [4.78, 5) is 0. The molecule has 6 heteroatoms. The predicted octanol–water partition coefficient (Wildman–Crippen LogP) is 1.97. The van der Waals surface area contributed by atoms with E-state index in [9.17, 15) is 8.78 Å². The molecule has 2 rings (SSSR count). The fourth-order valence-electron chi connectivity index (χ4n) is 1.68. The van der Waals surface area contributed by atoms with Crippen molar-refractivity contribution in [2.45, 2.75) is 13.5 Å². The number of halogens is 2. The van der Waals surface area contributed by atoms with Gasteiger partial charge in [-0.1, -0.05) is 0 Å². The van der Waals surface area contributed by atoms with Crippen LogP contribution in [0.2, 0.25) is 0 Å². The summed E-state index contributed by atoms with van der Waals surface area (Å²) in [6.07, 6.45) is 0. The maximum absolute atomic E-state index is 13.5. The number of hydrogen-bond donors (Lipinski definition) is 1. The molecule has 1 aromatic carbocycles. The van der Waals surface area contributed by atoms with Crippen LogP contribution in [-0.4, -0.2) is 9.78 Å². The Morgan fingerprint density at radius 2 is 2.17 bits per heavy atom. The van der Waals surface area contributed by atoms with Crippen LogP contribution in [0.1, 0.15) is 16.8 Å². The number of rotatable bonds is 2. The fraction of sp³-hybridized carbons (Fsp3) is 0.167. The van der Waals surface area contributed by atoms with E-state index in [0.717, 1.165) is 18.2 Å². The molecule has 4 nitrogen and oxygen atoms in total. The van der Waals surface area contributed by atoms with E-state index in [0.29, 0.717) is 5.69 Å². The number of anilines is 1. The molecule has 1 heterocycles. The van der Waals surface area contributed by atoms with Crippen molar-refractivity contribution < 1.29 is 8.78 Å². The van der Waals surface area contributed by atoms with Crippen LogP contribution >= 0.6 is 0 Å². The number of aryl methyl sites for hydroxylation is 1. The van der Waals surface area contributed by atoms with Crippen molar-refractivity contribution in [2.24, 2.45) is 0 Å². The summed E-state index contributed by atoms with van der Waals surface area (Å²) in [5.74, 6) is -0.921. The van der Waals surface area contributed by atoms with Crippen molar-refractivity contribution in [1.29, 1.82) is 5.26 Å². The Bertz CT molecular complexity index is 640. The lowest BCUT2D eigenvalue weighted by molar-refractivity contribution is 0.567. The highest BCUT2D eigenvalue weighted by Gasteiger charge is 2.13. The molecule has 1 aromatic heterocycles. The van der Waals surface area contributed by atoms with Crippen LogP contribution < -0.4 is 5.73 Å². The van der Waals surface area contributed by atoms with Crippen LogP contribution in [0.15, 0.2) is 18.2 Å². The van der Waals surface area contributed by atoms with Crippen LogP contribution in [0.5, 0.6) is 0 Å². The molecule has 0 spiro atoms. The van der Waals surface area contributed by atoms with E-state index in [1.807, 2.05) is 6.07 Å². The highest BCUT2D eigenvalue weighted by Crippen LogP contribution is 2.18. The summed E-state index contributed by atoms with van der Waals surface area (Å²) in [6, 6.07) is 5.08. The number of nitrogens with zero attached hydrogens (tertiary/aromatic N) is 3. The minimum atomic E-state index is -0.539. The molecule has 2 aromatic rings. The molecule has 2 N–H and O–H groups in total. The second kappa shape index (κ2) is 4.45. The highest BCUT2D eigenvalue weighted by molar-refractivity contribution is 5.51. The smallest absolute Gasteiger partial charge is 0.140 e. The summed E-state index contributed by atoms with van der Waals surface area (Å²) in [5.41, 5.74) is 6.57. The van der Waals surface area contributed by atoms with Gasteiger partial charge in [-0.25, -0.2) is 13.5 Å². The molecule has 0 aliphatic rings. The van der Waals surface area contributed by atoms with E-state index in [1.165, 1.54) is 4.68 Å². The van der Waals surface area contributed by atoms with Crippen LogP contribution in [0, 0.1) is 29.9 Å². The second-order valence-corrected chi connectivity index (χ2v) is 3.85. The molecule has 92 valence electrons. The van der Waals surface area contributed by atoms with E-state index >= 15 is 0 Å². The van der Waals surface area contributed by atoms with E-state index < -0.39 is 11.6 Å². The Kier molecular flexibility index (Phi) is 2.98. The summed E-state index contributed by atoms with van der Waals surface area (Å²) in [5, 5.41) is 12.9.